The van der Waals surface area contributed by atoms with Crippen LogP contribution < -0.4 is 10.6 Å². The molecule has 0 aromatic heterocycles. The molecule has 25 heavy (non-hydrogen) atoms. The zero-order valence-electron chi connectivity index (χ0n) is 15.1. The van der Waals surface area contributed by atoms with Crippen molar-refractivity contribution in [2.75, 3.05) is 43.5 Å². The Morgan fingerprint density at radius 2 is 1.44 bits per heavy atom. The molecule has 0 radical (unpaired) electrons. The summed E-state index contributed by atoms with van der Waals surface area (Å²) in [6.45, 7) is 4.83. The predicted octanol–water partition coefficient (Wildman–Crippen LogP) is 2.87. The Kier molecular flexibility index (Phi) is 8.42. The highest BCUT2D eigenvalue weighted by Crippen LogP contribution is 2.14. The van der Waals surface area contributed by atoms with E-state index in [1.807, 2.05) is 6.92 Å². The molecular weight excluding hydrogens is 318 g/mol. The number of nitrogens with one attached hydrogen (secondary N) is 2. The Bertz CT molecular complexity index is 537. The summed E-state index contributed by atoms with van der Waals surface area (Å²) in [5.41, 5.74) is 1.42. The second-order valence-corrected chi connectivity index (χ2v) is 6.35. The Morgan fingerprint density at radius 1 is 0.920 bits per heavy atom. The Morgan fingerprint density at radius 3 is 2.00 bits per heavy atom. The van der Waals surface area contributed by atoms with Crippen LogP contribution in [0.25, 0.3) is 0 Å². The molecule has 138 valence electrons. The maximum absolute atomic E-state index is 12.2. The molecular formula is C19H29N3O3. The number of ether oxygens (including phenoxy) is 1. The fourth-order valence-corrected chi connectivity index (χ4v) is 2.90. The van der Waals surface area contributed by atoms with Crippen LogP contribution in [0.2, 0.25) is 0 Å². The Hall–Kier alpha value is -1.92. The number of benzene rings is 1. The van der Waals surface area contributed by atoms with Crippen LogP contribution >= 0.6 is 0 Å². The van der Waals surface area contributed by atoms with E-state index < -0.39 is 0 Å². The lowest BCUT2D eigenvalue weighted by Crippen LogP contribution is -2.35. The van der Waals surface area contributed by atoms with E-state index in [2.05, 4.69) is 15.5 Å². The van der Waals surface area contributed by atoms with Gasteiger partial charge in [-0.3, -0.25) is 14.5 Å². The second kappa shape index (κ2) is 10.8. The summed E-state index contributed by atoms with van der Waals surface area (Å²) in [7, 11) is 0. The summed E-state index contributed by atoms with van der Waals surface area (Å²) in [6, 6.07) is 7.13. The zero-order chi connectivity index (χ0) is 17.9. The number of hydrogen-bond donors (Lipinski definition) is 2. The third-order valence-corrected chi connectivity index (χ3v) is 4.21. The molecule has 1 aromatic rings. The minimum atomic E-state index is -0.185. The third-order valence-electron chi connectivity index (χ3n) is 4.21. The first-order valence-electron chi connectivity index (χ1n) is 9.17. The van der Waals surface area contributed by atoms with E-state index in [9.17, 15) is 9.59 Å². The van der Waals surface area contributed by atoms with Gasteiger partial charge < -0.3 is 15.4 Å². The Balaban J connectivity index is 1.77. The molecule has 6 heteroatoms. The highest BCUT2D eigenvalue weighted by molar-refractivity contribution is 5.94. The van der Waals surface area contributed by atoms with Gasteiger partial charge in [0.05, 0.1) is 6.54 Å². The van der Waals surface area contributed by atoms with Crippen molar-refractivity contribution in [3.63, 3.8) is 0 Å². The molecule has 1 heterocycles. The third kappa shape index (κ3) is 7.67. The number of carbonyl (C=O) groups is 2. The van der Waals surface area contributed by atoms with Gasteiger partial charge in [0.2, 0.25) is 11.8 Å². The highest BCUT2D eigenvalue weighted by atomic mass is 16.5. The van der Waals surface area contributed by atoms with Crippen molar-refractivity contribution in [3.8, 4) is 0 Å². The summed E-state index contributed by atoms with van der Waals surface area (Å²) in [4.78, 5) is 26.1. The van der Waals surface area contributed by atoms with Crippen LogP contribution in [0.1, 0.15) is 39.0 Å². The van der Waals surface area contributed by atoms with E-state index in [1.165, 1.54) is 32.1 Å². The van der Waals surface area contributed by atoms with E-state index in [4.69, 9.17) is 4.74 Å². The van der Waals surface area contributed by atoms with Crippen molar-refractivity contribution < 1.29 is 14.3 Å². The van der Waals surface area contributed by atoms with E-state index in [0.717, 1.165) is 18.8 Å². The fraction of sp³-hybridized carbons (Fsp3) is 0.579. The van der Waals surface area contributed by atoms with Gasteiger partial charge in [-0.25, -0.2) is 0 Å². The number of amides is 2. The van der Waals surface area contributed by atoms with Gasteiger partial charge in [-0.15, -0.1) is 0 Å². The maximum atomic E-state index is 12.2. The fourth-order valence-electron chi connectivity index (χ4n) is 2.90. The van der Waals surface area contributed by atoms with Crippen LogP contribution in [0.15, 0.2) is 24.3 Å². The van der Waals surface area contributed by atoms with Gasteiger partial charge in [-0.1, -0.05) is 19.3 Å². The van der Waals surface area contributed by atoms with Crippen molar-refractivity contribution >= 4 is 23.2 Å². The number of nitrogens with zero attached hydrogens (tertiary/aromatic N) is 1. The normalized spacial score (nSPS) is 15.9. The SMILES string of the molecule is CCOCC(=O)Nc1ccc(NC(=O)CN2CCCCCCC2)cc1. The highest BCUT2D eigenvalue weighted by Gasteiger charge is 2.12. The monoisotopic (exact) mass is 347 g/mol. The van der Waals surface area contributed by atoms with Crippen molar-refractivity contribution in [2.45, 2.75) is 39.0 Å². The summed E-state index contributed by atoms with van der Waals surface area (Å²) in [6.07, 6.45) is 6.17. The molecule has 1 aliphatic heterocycles. The number of hydrogen-bond acceptors (Lipinski definition) is 4. The van der Waals surface area contributed by atoms with Crippen LogP contribution in [0.3, 0.4) is 0 Å². The smallest absolute Gasteiger partial charge is 0.250 e. The first-order valence-corrected chi connectivity index (χ1v) is 9.17. The summed E-state index contributed by atoms with van der Waals surface area (Å²) in [5.74, 6) is -0.176. The van der Waals surface area contributed by atoms with Crippen LogP contribution in [0, 0.1) is 0 Å². The topological polar surface area (TPSA) is 70.7 Å². The first-order chi connectivity index (χ1) is 12.2. The van der Waals surface area contributed by atoms with Crippen LogP contribution in [-0.2, 0) is 14.3 Å². The van der Waals surface area contributed by atoms with E-state index in [0.29, 0.717) is 18.8 Å². The molecule has 2 amide bonds. The molecule has 1 aliphatic rings. The van der Waals surface area contributed by atoms with Gasteiger partial charge in [0.15, 0.2) is 0 Å². The number of likely N-dealkylation sites (tertiary alicyclic amines) is 1. The average molecular weight is 347 g/mol. The minimum absolute atomic E-state index is 0.00806. The van der Waals surface area contributed by atoms with Crippen molar-refractivity contribution in [3.05, 3.63) is 24.3 Å². The second-order valence-electron chi connectivity index (χ2n) is 6.35. The van der Waals surface area contributed by atoms with Gasteiger partial charge >= 0.3 is 0 Å². The van der Waals surface area contributed by atoms with Crippen molar-refractivity contribution in [2.24, 2.45) is 0 Å². The van der Waals surface area contributed by atoms with Crippen molar-refractivity contribution in [1.82, 2.24) is 4.90 Å². The van der Waals surface area contributed by atoms with Gasteiger partial charge in [-0.05, 0) is 57.1 Å². The molecule has 6 nitrogen and oxygen atoms in total. The average Bonchev–Trinajstić information content (AvgIpc) is 2.57. The minimum Gasteiger partial charge on any atom is -0.372 e. The largest absolute Gasteiger partial charge is 0.372 e. The van der Waals surface area contributed by atoms with Gasteiger partial charge in [0, 0.05) is 18.0 Å². The zero-order valence-corrected chi connectivity index (χ0v) is 15.1. The number of rotatable bonds is 7. The van der Waals surface area contributed by atoms with Gasteiger partial charge in [0.25, 0.3) is 0 Å². The number of anilines is 2. The van der Waals surface area contributed by atoms with Gasteiger partial charge in [0.1, 0.15) is 6.61 Å². The maximum Gasteiger partial charge on any atom is 0.250 e. The molecule has 0 spiro atoms. The Labute approximate surface area is 149 Å². The van der Waals surface area contributed by atoms with E-state index >= 15 is 0 Å². The quantitative estimate of drug-likeness (QED) is 0.796. The standard InChI is InChI=1S/C19H29N3O3/c1-2-25-15-19(24)21-17-10-8-16(9-11-17)20-18(23)14-22-12-6-4-3-5-7-13-22/h8-11H,2-7,12-15H2,1H3,(H,20,23)(H,21,24). The lowest BCUT2D eigenvalue weighted by Gasteiger charge is -2.23. The lowest BCUT2D eigenvalue weighted by atomic mass is 10.1. The van der Waals surface area contributed by atoms with E-state index in [1.54, 1.807) is 24.3 Å². The molecule has 0 saturated carbocycles. The van der Waals surface area contributed by atoms with Crippen LogP contribution in [0.4, 0.5) is 11.4 Å². The van der Waals surface area contributed by atoms with Crippen molar-refractivity contribution in [1.29, 1.82) is 0 Å². The molecule has 0 atom stereocenters. The molecule has 1 fully saturated rings. The van der Waals surface area contributed by atoms with Crippen LogP contribution in [-0.4, -0.2) is 49.6 Å². The molecule has 2 rings (SSSR count). The van der Waals surface area contributed by atoms with Crippen LogP contribution in [0.5, 0.6) is 0 Å². The lowest BCUT2D eigenvalue weighted by molar-refractivity contribution is -0.120. The molecule has 0 aliphatic carbocycles. The number of carbonyl (C=O) groups excluding carboxylic acids is 2. The molecule has 1 aromatic carbocycles. The first kappa shape index (κ1) is 19.4. The van der Waals surface area contributed by atoms with Gasteiger partial charge in [-0.2, -0.15) is 0 Å². The molecule has 1 saturated heterocycles. The van der Waals surface area contributed by atoms with E-state index in [-0.39, 0.29) is 18.4 Å². The summed E-state index contributed by atoms with van der Waals surface area (Å²) >= 11 is 0. The molecule has 2 N–H and O–H groups in total. The summed E-state index contributed by atoms with van der Waals surface area (Å²) < 4.78 is 5.06. The summed E-state index contributed by atoms with van der Waals surface area (Å²) in [5, 5.41) is 5.67. The predicted molar refractivity (Wildman–Crippen MR) is 99.7 cm³/mol. The molecule has 0 unspecified atom stereocenters. The molecule has 0 bridgehead atoms.